The van der Waals surface area contributed by atoms with E-state index in [-0.39, 0.29) is 58.0 Å². The normalized spacial score (nSPS) is 6.16. The summed E-state index contributed by atoms with van der Waals surface area (Å²) in [6.45, 7) is 9.19. The quantitative estimate of drug-likeness (QED) is 0.0623. The van der Waals surface area contributed by atoms with E-state index in [9.17, 15) is 0 Å². The maximum absolute atomic E-state index is 8.36. The molecule has 0 fully saturated rings. The molecule has 0 aromatic carbocycles. The van der Waals surface area contributed by atoms with Gasteiger partial charge in [-0.2, -0.15) is 6.42 Å². The Morgan fingerprint density at radius 2 is 0.767 bits per heavy atom. The first kappa shape index (κ1) is 96.8. The minimum Gasteiger partial charge on any atom is 0 e. The molecule has 0 aromatic heterocycles. The predicted molar refractivity (Wildman–Crippen MR) is 152 cm³/mol. The van der Waals surface area contributed by atoms with Crippen LogP contribution in [-0.4, -0.2) is 54.3 Å². The monoisotopic (exact) mass is 1240 g/mol. The van der Waals surface area contributed by atoms with Crippen LogP contribution in [0.3, 0.4) is 0 Å². The number of hydrogen-bond donors (Lipinski definition) is 12. The molecule has 0 radical (unpaired) electrons. The van der Waals surface area contributed by atoms with Crippen molar-refractivity contribution in [1.29, 1.82) is 0 Å². The van der Waals surface area contributed by atoms with Crippen LogP contribution in [0, 0.1) is 54.3 Å². The van der Waals surface area contributed by atoms with E-state index in [4.69, 9.17) is 72.8 Å². The fraction of sp³-hybridized carbons (Fsp3) is 0.857. The Morgan fingerprint density at radius 1 is 0.605 bits per heavy atom. The summed E-state index contributed by atoms with van der Waals surface area (Å²) >= 11 is 3.22. The van der Waals surface area contributed by atoms with Crippen molar-refractivity contribution in [2.24, 2.45) is 11.5 Å². The first-order chi connectivity index (χ1) is 16.8. The number of unbranched alkanes of at least 4 members (excludes halogenated alkanes) is 8. The van der Waals surface area contributed by atoms with Gasteiger partial charge in [0.1, 0.15) is 0 Å². The summed E-state index contributed by atoms with van der Waals surface area (Å²) in [5, 5.41) is 54.6. The largest absolute Gasteiger partial charge is 0 e. The van der Waals surface area contributed by atoms with Crippen molar-refractivity contribution in [2.45, 2.75) is 64.2 Å². The molecule has 0 bridgehead atoms. The van der Waals surface area contributed by atoms with Crippen LogP contribution in [-0.2, 0) is 58.6 Å². The van der Waals surface area contributed by atoms with E-state index in [1.807, 2.05) is 0 Å². The molecular formula is C14H54Cl2N12O12Pt3+. The van der Waals surface area contributed by atoms with Crippen molar-refractivity contribution in [3.05, 3.63) is 54.3 Å². The van der Waals surface area contributed by atoms with Gasteiger partial charge in [0, 0.05) is 21.1 Å². The van der Waals surface area contributed by atoms with Crippen molar-refractivity contribution in [2.75, 3.05) is 13.1 Å². The molecular weight excluding hydrogens is 1180 g/mol. The topological polar surface area (TPSA) is 516 Å². The average Bonchev–Trinajstić information content (AvgIpc) is 2.76. The van der Waals surface area contributed by atoms with Gasteiger partial charge in [-0.05, 0) is 38.8 Å². The predicted octanol–water partition coefficient (Wildman–Crippen LogP) is 4.41. The SMILES string of the molecule is N.N.N.N.N.N.O=[N+]([O-])O.O=[N+]([O-])O.O=[N+]([O-])O.O=[N+]([O-])O.[CH2+]CCCCCCN.[CH2-]CCCCCCN.[Cl][Pt+].[Cl][Pt].[Pt]. The molecule has 0 aliphatic rings. The third kappa shape index (κ3) is 770. The molecule has 0 aliphatic heterocycles. The molecule has 0 saturated carbocycles. The second kappa shape index (κ2) is 124. The van der Waals surface area contributed by atoms with Crippen LogP contribution in [0.2, 0.25) is 0 Å². The second-order valence-electron chi connectivity index (χ2n) is 5.06. The molecule has 0 aliphatic carbocycles. The number of nitrogens with two attached hydrogens (primary N) is 2. The van der Waals surface area contributed by atoms with Crippen molar-refractivity contribution in [3.63, 3.8) is 0 Å². The third-order valence-corrected chi connectivity index (χ3v) is 2.41. The molecule has 0 saturated heterocycles. The Bertz CT molecular complexity index is 355. The summed E-state index contributed by atoms with van der Waals surface area (Å²) in [4.78, 5) is 33.4. The summed E-state index contributed by atoms with van der Waals surface area (Å²) in [7, 11) is 9.22. The smallest absolute Gasteiger partial charge is 0 e. The van der Waals surface area contributed by atoms with Crippen LogP contribution in [0.1, 0.15) is 64.2 Å². The summed E-state index contributed by atoms with van der Waals surface area (Å²) in [6, 6.07) is 0. The van der Waals surface area contributed by atoms with Crippen LogP contribution in [0.4, 0.5) is 0 Å². The summed E-state index contributed by atoms with van der Waals surface area (Å²) in [6.07, 6.45) is 12.2. The van der Waals surface area contributed by atoms with Gasteiger partial charge in [0.15, 0.2) is 0 Å². The van der Waals surface area contributed by atoms with E-state index in [2.05, 4.69) is 32.7 Å². The Hall–Kier alpha value is -1.01. The molecule has 43 heavy (non-hydrogen) atoms. The second-order valence-corrected chi connectivity index (χ2v) is 5.06. The van der Waals surface area contributed by atoms with Gasteiger partial charge in [-0.25, -0.2) is 0 Å². The number of nitrogens with zero attached hydrogens (tertiary/aromatic N) is 4. The molecule has 0 unspecified atom stereocenters. The van der Waals surface area contributed by atoms with Crippen LogP contribution in [0.25, 0.3) is 0 Å². The van der Waals surface area contributed by atoms with Crippen molar-refractivity contribution in [3.8, 4) is 0 Å². The summed E-state index contributed by atoms with van der Waals surface area (Å²) < 4.78 is 0. The molecule has 0 aromatic rings. The molecule has 285 valence electrons. The molecule has 0 rings (SSSR count). The van der Waals surface area contributed by atoms with Crippen molar-refractivity contribution >= 4 is 18.8 Å². The van der Waals surface area contributed by atoms with E-state index < -0.39 is 20.3 Å². The van der Waals surface area contributed by atoms with Crippen LogP contribution >= 0.6 is 18.8 Å². The van der Waals surface area contributed by atoms with Gasteiger partial charge in [-0.1, -0.05) is 25.7 Å². The van der Waals surface area contributed by atoms with Crippen molar-refractivity contribution in [1.82, 2.24) is 36.9 Å². The molecule has 0 amide bonds. The number of hydrogen-bond acceptors (Lipinski definition) is 16. The van der Waals surface area contributed by atoms with E-state index in [1.165, 1.54) is 51.4 Å². The molecule has 29 heteroatoms. The van der Waals surface area contributed by atoms with Gasteiger partial charge in [0.25, 0.3) is 20.3 Å². The number of halogens is 2. The fourth-order valence-corrected chi connectivity index (χ4v) is 1.35. The zero-order valence-electron chi connectivity index (χ0n) is 23.8. The van der Waals surface area contributed by atoms with Crippen LogP contribution in [0.15, 0.2) is 0 Å². The molecule has 26 N–H and O–H groups in total. The molecule has 0 heterocycles. The number of rotatable bonds is 10. The minimum absolute atomic E-state index is 0. The van der Waals surface area contributed by atoms with E-state index in [0.717, 1.165) is 25.9 Å². The van der Waals surface area contributed by atoms with E-state index in [1.54, 1.807) is 37.5 Å². The standard InChI is InChI=1S/2C7H16N.2ClH.4HNO3.6H3N.3Pt/c2*1-2-3-4-5-6-7-8;;;4*2-1(3)4;;;;;;;;;/h2*1-8H2;2*1H;4*(H,2,3,4);6*1H3;;;/q-1;+1;;;;;;;;;;;;;;+1;+2/p-2. The first-order valence-corrected chi connectivity index (χ1v) is 14.9. The van der Waals surface area contributed by atoms with Gasteiger partial charge in [0.05, 0.1) is 13.3 Å². The van der Waals surface area contributed by atoms with E-state index >= 15 is 0 Å². The van der Waals surface area contributed by atoms with Gasteiger partial charge in [-0.15, -0.1) is 40.5 Å². The Labute approximate surface area is 297 Å². The maximum atomic E-state index is 8.36. The van der Waals surface area contributed by atoms with Gasteiger partial charge in [0.2, 0.25) is 0 Å². The maximum Gasteiger partial charge on any atom is 0 e. The summed E-state index contributed by atoms with van der Waals surface area (Å²) in [5.74, 6) is 0. The zero-order valence-corrected chi connectivity index (χ0v) is 32.2. The van der Waals surface area contributed by atoms with Gasteiger partial charge < -0.3 is 76.1 Å². The Morgan fingerprint density at radius 3 is 0.907 bits per heavy atom. The van der Waals surface area contributed by atoms with Crippen LogP contribution < -0.4 is 48.4 Å². The molecule has 0 spiro atoms. The summed E-state index contributed by atoms with van der Waals surface area (Å²) in [5.41, 5.74) is 10.6. The fourth-order valence-electron chi connectivity index (χ4n) is 1.35. The van der Waals surface area contributed by atoms with Crippen molar-refractivity contribution < 1.29 is 99.8 Å². The molecule has 0 atom stereocenters. The van der Waals surface area contributed by atoms with Crippen LogP contribution in [0.5, 0.6) is 0 Å². The Kier molecular flexibility index (Phi) is 279. The first-order valence-electron chi connectivity index (χ1n) is 9.32. The van der Waals surface area contributed by atoms with E-state index in [0.29, 0.717) is 0 Å². The molecule has 24 nitrogen and oxygen atoms in total. The third-order valence-electron chi connectivity index (χ3n) is 2.41. The minimum atomic E-state index is -1.50. The van der Waals surface area contributed by atoms with Gasteiger partial charge >= 0.3 is 56.4 Å². The average molecular weight is 1240 g/mol. The Balaban J connectivity index is -0.0000000163. The zero-order chi connectivity index (χ0) is 30.8. The van der Waals surface area contributed by atoms with Gasteiger partial charge in [-0.3, -0.25) is 0 Å².